The first kappa shape index (κ1) is 18.4. The Morgan fingerprint density at radius 2 is 1.88 bits per heavy atom. The normalized spacial score (nSPS) is 17.5. The Balaban J connectivity index is 2.00. The van der Waals surface area contributed by atoms with Crippen LogP contribution in [0.5, 0.6) is 0 Å². The number of anilines is 2. The van der Waals surface area contributed by atoms with Gasteiger partial charge in [-0.3, -0.25) is 0 Å². The average molecular weight is 345 g/mol. The fraction of sp³-hybridized carbons (Fsp3) is 0.562. The topological polar surface area (TPSA) is 55.8 Å². The second-order valence-corrected chi connectivity index (χ2v) is 6.34. The lowest BCUT2D eigenvalue weighted by molar-refractivity contribution is -0.271. The third-order valence-corrected chi connectivity index (χ3v) is 4.37. The molecule has 1 fully saturated rings. The molecule has 1 aliphatic heterocycles. The molecule has 134 valence electrons. The number of nitrogens with one attached hydrogen (secondary N) is 1. The Labute approximate surface area is 139 Å². The molecule has 0 radical (unpaired) electrons. The molecular weight excluding hydrogens is 323 g/mol. The lowest BCUT2D eigenvalue weighted by atomic mass is 9.91. The molecule has 2 N–H and O–H groups in total. The van der Waals surface area contributed by atoms with Gasteiger partial charge in [-0.2, -0.15) is 13.2 Å². The lowest BCUT2D eigenvalue weighted by Crippen LogP contribution is -2.55. The number of carbonyl (C=O) groups is 1. The van der Waals surface area contributed by atoms with Gasteiger partial charge in [0.25, 0.3) is 0 Å². The maximum atomic E-state index is 12.8. The van der Waals surface area contributed by atoms with Gasteiger partial charge in [0.2, 0.25) is 0 Å². The monoisotopic (exact) mass is 345 g/mol. The third kappa shape index (κ3) is 3.75. The van der Waals surface area contributed by atoms with Gasteiger partial charge < -0.3 is 20.2 Å². The largest absolute Gasteiger partial charge is 0.417 e. The molecule has 5 nitrogen and oxygen atoms in total. The van der Waals surface area contributed by atoms with Gasteiger partial charge in [0.1, 0.15) is 0 Å². The number of urea groups is 1. The highest BCUT2D eigenvalue weighted by Crippen LogP contribution is 2.38. The number of piperidine rings is 1. The predicted octanol–water partition coefficient (Wildman–Crippen LogP) is 2.98. The van der Waals surface area contributed by atoms with Crippen LogP contribution in [-0.4, -0.2) is 55.0 Å². The average Bonchev–Trinajstić information content (AvgIpc) is 2.48. The van der Waals surface area contributed by atoms with E-state index in [1.807, 2.05) is 38.1 Å². The van der Waals surface area contributed by atoms with Crippen molar-refractivity contribution in [3.63, 3.8) is 0 Å². The molecule has 0 aliphatic carbocycles. The van der Waals surface area contributed by atoms with E-state index in [-0.39, 0.29) is 13.1 Å². The zero-order valence-electron chi connectivity index (χ0n) is 13.9. The Kier molecular flexibility index (Phi) is 4.98. The van der Waals surface area contributed by atoms with Gasteiger partial charge in [-0.05, 0) is 30.7 Å². The zero-order chi connectivity index (χ0) is 18.1. The molecule has 2 amide bonds. The minimum Gasteiger partial charge on any atom is -0.380 e. The predicted molar refractivity (Wildman–Crippen MR) is 86.3 cm³/mol. The Morgan fingerprint density at radius 1 is 1.29 bits per heavy atom. The molecule has 1 aliphatic rings. The van der Waals surface area contributed by atoms with Crippen LogP contribution >= 0.6 is 0 Å². The maximum absolute atomic E-state index is 12.8. The number of halogens is 3. The summed E-state index contributed by atoms with van der Waals surface area (Å²) in [6.07, 6.45) is -5.70. The molecule has 8 heteroatoms. The number of amides is 2. The van der Waals surface area contributed by atoms with Gasteiger partial charge in [0, 0.05) is 51.4 Å². The van der Waals surface area contributed by atoms with Gasteiger partial charge in [-0.15, -0.1) is 0 Å². The molecule has 24 heavy (non-hydrogen) atoms. The van der Waals surface area contributed by atoms with Gasteiger partial charge in [-0.25, -0.2) is 4.79 Å². The molecule has 1 aromatic carbocycles. The highest BCUT2D eigenvalue weighted by Gasteiger charge is 2.54. The summed E-state index contributed by atoms with van der Waals surface area (Å²) < 4.78 is 38.4. The van der Waals surface area contributed by atoms with E-state index in [1.165, 1.54) is 4.90 Å². The van der Waals surface area contributed by atoms with Crippen LogP contribution in [-0.2, 0) is 0 Å². The number of alkyl halides is 3. The standard InChI is InChI=1S/C16H22F3N3O2/c1-11-10-12(21(2)3)4-5-13(11)20-14(23)22-8-6-15(24,7-9-22)16(17,18)19/h4-5,10,24H,6-9H2,1-3H3,(H,20,23). The Bertz CT molecular complexity index is 609. The molecule has 1 heterocycles. The van der Waals surface area contributed by atoms with Crippen molar-refractivity contribution >= 4 is 17.4 Å². The first-order valence-corrected chi connectivity index (χ1v) is 7.66. The number of aryl methyl sites for hydroxylation is 1. The van der Waals surface area contributed by atoms with Crippen LogP contribution < -0.4 is 10.2 Å². The molecule has 0 saturated carbocycles. The number of hydrogen-bond acceptors (Lipinski definition) is 3. The van der Waals surface area contributed by atoms with Crippen molar-refractivity contribution in [2.45, 2.75) is 31.5 Å². The van der Waals surface area contributed by atoms with Crippen molar-refractivity contribution in [3.05, 3.63) is 23.8 Å². The highest BCUT2D eigenvalue weighted by molar-refractivity contribution is 5.90. The number of rotatable bonds is 2. The van der Waals surface area contributed by atoms with Crippen LogP contribution in [0.2, 0.25) is 0 Å². The summed E-state index contributed by atoms with van der Waals surface area (Å²) >= 11 is 0. The van der Waals surface area contributed by atoms with E-state index >= 15 is 0 Å². The quantitative estimate of drug-likeness (QED) is 0.866. The first-order chi connectivity index (χ1) is 11.0. The van der Waals surface area contributed by atoms with E-state index in [4.69, 9.17) is 0 Å². The van der Waals surface area contributed by atoms with E-state index in [1.54, 1.807) is 6.07 Å². The molecular formula is C16H22F3N3O2. The SMILES string of the molecule is Cc1cc(N(C)C)ccc1NC(=O)N1CCC(O)(C(F)(F)F)CC1. The number of hydrogen-bond donors (Lipinski definition) is 2. The van der Waals surface area contributed by atoms with Crippen molar-refractivity contribution in [1.29, 1.82) is 0 Å². The summed E-state index contributed by atoms with van der Waals surface area (Å²) in [4.78, 5) is 15.5. The molecule has 0 spiro atoms. The number of benzene rings is 1. The van der Waals surface area contributed by atoms with Crippen molar-refractivity contribution in [3.8, 4) is 0 Å². The fourth-order valence-corrected chi connectivity index (χ4v) is 2.62. The second-order valence-electron chi connectivity index (χ2n) is 6.34. The Morgan fingerprint density at radius 3 is 2.33 bits per heavy atom. The van der Waals surface area contributed by atoms with E-state index in [2.05, 4.69) is 5.32 Å². The van der Waals surface area contributed by atoms with E-state index in [0.717, 1.165) is 11.3 Å². The number of aliphatic hydroxyl groups is 1. The molecule has 0 aromatic heterocycles. The zero-order valence-corrected chi connectivity index (χ0v) is 13.9. The van der Waals surface area contributed by atoms with Crippen LogP contribution in [0.3, 0.4) is 0 Å². The number of carbonyl (C=O) groups excluding carboxylic acids is 1. The highest BCUT2D eigenvalue weighted by atomic mass is 19.4. The van der Waals surface area contributed by atoms with Crippen LogP contribution in [0.15, 0.2) is 18.2 Å². The fourth-order valence-electron chi connectivity index (χ4n) is 2.62. The van der Waals surface area contributed by atoms with E-state index in [9.17, 15) is 23.1 Å². The molecule has 0 unspecified atom stereocenters. The van der Waals surface area contributed by atoms with Crippen molar-refractivity contribution < 1.29 is 23.1 Å². The number of nitrogens with zero attached hydrogens (tertiary/aromatic N) is 2. The number of likely N-dealkylation sites (tertiary alicyclic amines) is 1. The first-order valence-electron chi connectivity index (χ1n) is 7.66. The second kappa shape index (κ2) is 6.51. The summed E-state index contributed by atoms with van der Waals surface area (Å²) in [5.41, 5.74) is -0.244. The molecule has 2 rings (SSSR count). The summed E-state index contributed by atoms with van der Waals surface area (Å²) in [5.74, 6) is 0. The van der Waals surface area contributed by atoms with E-state index in [0.29, 0.717) is 5.69 Å². The van der Waals surface area contributed by atoms with E-state index < -0.39 is 30.7 Å². The minimum absolute atomic E-state index is 0.142. The summed E-state index contributed by atoms with van der Waals surface area (Å²) in [6, 6.07) is 5.06. The van der Waals surface area contributed by atoms with Crippen LogP contribution in [0.25, 0.3) is 0 Å². The van der Waals surface area contributed by atoms with Crippen LogP contribution in [0, 0.1) is 6.92 Å². The van der Waals surface area contributed by atoms with Crippen LogP contribution in [0.4, 0.5) is 29.3 Å². The van der Waals surface area contributed by atoms with Gasteiger partial charge in [0.15, 0.2) is 5.60 Å². The van der Waals surface area contributed by atoms with Gasteiger partial charge >= 0.3 is 12.2 Å². The summed E-state index contributed by atoms with van der Waals surface area (Å²) in [5, 5.41) is 12.4. The minimum atomic E-state index is -4.67. The Hall–Kier alpha value is -1.96. The van der Waals surface area contributed by atoms with Gasteiger partial charge in [0.05, 0.1) is 0 Å². The maximum Gasteiger partial charge on any atom is 0.417 e. The van der Waals surface area contributed by atoms with Crippen molar-refractivity contribution in [2.24, 2.45) is 0 Å². The molecule has 0 atom stereocenters. The third-order valence-electron chi connectivity index (χ3n) is 4.37. The molecule has 1 aromatic rings. The van der Waals surface area contributed by atoms with Crippen LogP contribution in [0.1, 0.15) is 18.4 Å². The lowest BCUT2D eigenvalue weighted by Gasteiger charge is -2.39. The summed E-state index contributed by atoms with van der Waals surface area (Å²) in [7, 11) is 3.81. The summed E-state index contributed by atoms with van der Waals surface area (Å²) in [6.45, 7) is 1.56. The molecule has 0 bridgehead atoms. The molecule has 1 saturated heterocycles. The van der Waals surface area contributed by atoms with Gasteiger partial charge in [-0.1, -0.05) is 0 Å². The van der Waals surface area contributed by atoms with Crippen molar-refractivity contribution in [2.75, 3.05) is 37.4 Å². The van der Waals surface area contributed by atoms with Crippen molar-refractivity contribution in [1.82, 2.24) is 4.90 Å². The smallest absolute Gasteiger partial charge is 0.380 e.